The number of halogens is 2. The van der Waals surface area contributed by atoms with Gasteiger partial charge in [0, 0.05) is 22.3 Å². The second kappa shape index (κ2) is 18.3. The molecule has 0 N–H and O–H groups in total. The zero-order valence-electron chi connectivity index (χ0n) is 20.1. The van der Waals surface area contributed by atoms with Gasteiger partial charge in [-0.15, -0.1) is 0 Å². The van der Waals surface area contributed by atoms with Crippen LogP contribution < -0.4 is 0 Å². The first-order chi connectivity index (χ1) is 19.1. The van der Waals surface area contributed by atoms with E-state index in [-0.39, 0.29) is 38.0 Å². The van der Waals surface area contributed by atoms with Gasteiger partial charge in [-0.1, -0.05) is 121 Å². The van der Waals surface area contributed by atoms with Crippen molar-refractivity contribution in [1.82, 2.24) is 0 Å². The summed E-state index contributed by atoms with van der Waals surface area (Å²) in [6, 6.07) is 35.2. The molecule has 0 unspecified atom stereocenters. The van der Waals surface area contributed by atoms with Crippen LogP contribution in [0.3, 0.4) is 0 Å². The Morgan fingerprint density at radius 1 is 0.385 bits per heavy atom. The molecule has 0 atom stereocenters. The summed E-state index contributed by atoms with van der Waals surface area (Å²) in [6.07, 6.45) is 0. The summed E-state index contributed by atoms with van der Waals surface area (Å²) in [7, 11) is 9.67. The predicted octanol–water partition coefficient (Wildman–Crippen LogP) is 7.30. The van der Waals surface area contributed by atoms with E-state index in [4.69, 9.17) is 19.4 Å². The first-order valence-corrected chi connectivity index (χ1v) is 15.2. The molecule has 0 aromatic heterocycles. The van der Waals surface area contributed by atoms with Crippen molar-refractivity contribution in [3.8, 4) is 0 Å². The fourth-order valence-electron chi connectivity index (χ4n) is 3.31. The van der Waals surface area contributed by atoms with Crippen molar-refractivity contribution in [2.24, 2.45) is 20.6 Å². The summed E-state index contributed by atoms with van der Waals surface area (Å²) in [5.41, 5.74) is 2.51. The Labute approximate surface area is 241 Å². The van der Waals surface area contributed by atoms with Gasteiger partial charge in [-0.2, -0.15) is 0 Å². The summed E-state index contributed by atoms with van der Waals surface area (Å²) < 4.78 is 0. The first kappa shape index (κ1) is 31.2. The predicted molar refractivity (Wildman–Crippen MR) is 157 cm³/mol. The average molecular weight is 650 g/mol. The number of rotatable bonds is 6. The molecule has 0 amide bonds. The molecular formula is C28H20Cl2N4O4Rh-4. The number of benzene rings is 4. The molecule has 0 saturated heterocycles. The summed E-state index contributed by atoms with van der Waals surface area (Å²) in [4.78, 5) is 0. The van der Waals surface area contributed by atoms with Crippen molar-refractivity contribution >= 4 is 42.2 Å². The van der Waals surface area contributed by atoms with Crippen molar-refractivity contribution in [3.05, 3.63) is 164 Å². The smallest absolute Gasteiger partial charge is 0.0847 e. The van der Waals surface area contributed by atoms with E-state index in [0.29, 0.717) is 22.3 Å². The molecule has 0 bridgehead atoms. The van der Waals surface area contributed by atoms with E-state index in [1.165, 1.54) is 0 Å². The molecule has 0 aliphatic carbocycles. The van der Waals surface area contributed by atoms with Crippen LogP contribution in [0.2, 0.25) is 0 Å². The quantitative estimate of drug-likeness (QED) is 0.123. The molecular weight excluding hydrogens is 630 g/mol. The molecule has 39 heavy (non-hydrogen) atoms. The Kier molecular flexibility index (Phi) is 14.6. The van der Waals surface area contributed by atoms with Crippen LogP contribution in [0, 0.1) is 20.8 Å². The van der Waals surface area contributed by atoms with Crippen molar-refractivity contribution in [3.63, 3.8) is 0 Å². The minimum atomic E-state index is -0.226. The summed E-state index contributed by atoms with van der Waals surface area (Å²) in [5.74, 6) is 0. The monoisotopic (exact) mass is 649 g/mol. The normalized spacial score (nSPS) is 12.1. The van der Waals surface area contributed by atoms with Crippen LogP contribution in [0.4, 0.5) is 0 Å². The molecule has 4 aromatic rings. The first-order valence-electron chi connectivity index (χ1n) is 11.0. The number of hydrogen-bond donors (Lipinski definition) is 0. The maximum atomic E-state index is 11.0. The van der Waals surface area contributed by atoms with Gasteiger partial charge in [0.15, 0.2) is 0 Å². The zero-order valence-corrected chi connectivity index (χ0v) is 23.2. The van der Waals surface area contributed by atoms with E-state index in [2.05, 4.69) is 20.6 Å². The third-order valence-electron chi connectivity index (χ3n) is 5.00. The van der Waals surface area contributed by atoms with E-state index >= 15 is 0 Å². The Hall–Kier alpha value is -4.04. The molecule has 0 spiro atoms. The van der Waals surface area contributed by atoms with Gasteiger partial charge in [0.1, 0.15) is 0 Å². The molecule has 0 heterocycles. The Morgan fingerprint density at radius 2 is 0.538 bits per heavy atom. The molecule has 0 fully saturated rings. The van der Waals surface area contributed by atoms with Crippen LogP contribution in [-0.4, -0.2) is 22.8 Å². The SMILES string of the molecule is [Cl][Rh][Cl].[O-]N=C(C(=N[O-])c1ccccc1)c1ccccc1.[O-]N=C(C(=N[O-])c1ccccc1)c1ccccc1. The minimum absolute atomic E-state index is 0.0526. The maximum absolute atomic E-state index is 11.0. The third-order valence-corrected chi connectivity index (χ3v) is 5.00. The van der Waals surface area contributed by atoms with Crippen molar-refractivity contribution < 1.29 is 15.1 Å². The van der Waals surface area contributed by atoms with Crippen molar-refractivity contribution in [2.75, 3.05) is 0 Å². The van der Waals surface area contributed by atoms with Crippen LogP contribution in [0.25, 0.3) is 0 Å². The van der Waals surface area contributed by atoms with E-state index < -0.39 is 0 Å². The fourth-order valence-corrected chi connectivity index (χ4v) is 3.31. The minimum Gasteiger partial charge on any atom is -0.791 e. The van der Waals surface area contributed by atoms with Crippen LogP contribution in [0.15, 0.2) is 142 Å². The van der Waals surface area contributed by atoms with Gasteiger partial charge >= 0.3 is 34.5 Å². The summed E-state index contributed by atoms with van der Waals surface area (Å²) in [5, 5.41) is 55.7. The van der Waals surface area contributed by atoms with Crippen LogP contribution in [0.1, 0.15) is 22.3 Å². The number of nitrogens with zero attached hydrogens (tertiary/aromatic N) is 4. The van der Waals surface area contributed by atoms with Crippen LogP contribution >= 0.6 is 19.4 Å². The van der Waals surface area contributed by atoms with E-state index in [0.717, 1.165) is 0 Å². The van der Waals surface area contributed by atoms with Crippen molar-refractivity contribution in [1.29, 1.82) is 0 Å². The van der Waals surface area contributed by atoms with Crippen LogP contribution in [-0.2, 0) is 15.1 Å². The molecule has 0 aliphatic heterocycles. The van der Waals surface area contributed by atoms with Crippen molar-refractivity contribution in [2.45, 2.75) is 0 Å². The Bertz CT molecular complexity index is 1160. The van der Waals surface area contributed by atoms with Gasteiger partial charge in [0.05, 0.1) is 22.8 Å². The fraction of sp³-hybridized carbons (Fsp3) is 0. The van der Waals surface area contributed by atoms with Gasteiger partial charge in [-0.05, 0) is 0 Å². The summed E-state index contributed by atoms with van der Waals surface area (Å²) in [6.45, 7) is 0. The zero-order chi connectivity index (χ0) is 28.3. The van der Waals surface area contributed by atoms with Gasteiger partial charge < -0.3 is 41.5 Å². The summed E-state index contributed by atoms with van der Waals surface area (Å²) >= 11 is -0.226. The van der Waals surface area contributed by atoms with E-state index in [1.807, 2.05) is 24.3 Å². The Morgan fingerprint density at radius 3 is 0.667 bits per heavy atom. The Balaban J connectivity index is 0.000000249. The van der Waals surface area contributed by atoms with Crippen LogP contribution in [0.5, 0.6) is 0 Å². The van der Waals surface area contributed by atoms with Gasteiger partial charge in [-0.25, -0.2) is 0 Å². The topological polar surface area (TPSA) is 142 Å². The average Bonchev–Trinajstić information content (AvgIpc) is 3.01. The molecule has 0 radical (unpaired) electrons. The molecule has 8 nitrogen and oxygen atoms in total. The third kappa shape index (κ3) is 9.65. The maximum Gasteiger partial charge on any atom is 0.0847 e. The van der Waals surface area contributed by atoms with Gasteiger partial charge in [-0.3, -0.25) is 0 Å². The molecule has 4 aromatic carbocycles. The molecule has 0 aliphatic rings. The number of hydrogen-bond acceptors (Lipinski definition) is 8. The molecule has 0 saturated carbocycles. The van der Waals surface area contributed by atoms with E-state index in [9.17, 15) is 20.8 Å². The van der Waals surface area contributed by atoms with Gasteiger partial charge in [0.2, 0.25) is 0 Å². The van der Waals surface area contributed by atoms with E-state index in [1.54, 1.807) is 97.1 Å². The molecule has 203 valence electrons. The molecule has 4 rings (SSSR count). The second-order valence-corrected chi connectivity index (χ2v) is 9.76. The standard InChI is InChI=1S/2C14H12N2O2.2ClH.Rh/c2*17-15-13(11-7-3-1-4-8-11)14(16-18)12-9-5-2-6-10-12;;;/h2*1-10,17-18H;2*1H;/q;;;;+2/p-6. The van der Waals surface area contributed by atoms with Gasteiger partial charge in [0.25, 0.3) is 0 Å². The second-order valence-electron chi connectivity index (χ2n) is 7.27. The largest absolute Gasteiger partial charge is 0.791 e. The molecule has 11 heteroatoms.